The van der Waals surface area contributed by atoms with Gasteiger partial charge < -0.3 is 10.1 Å². The molecule has 0 amide bonds. The van der Waals surface area contributed by atoms with Gasteiger partial charge in [-0.3, -0.25) is 4.90 Å². The summed E-state index contributed by atoms with van der Waals surface area (Å²) in [7, 11) is 0. The zero-order chi connectivity index (χ0) is 18.6. The molecule has 0 spiro atoms. The number of anilines is 1. The molecular weight excluding hydrogens is 360 g/mol. The minimum Gasteiger partial charge on any atom is -0.379 e. The van der Waals surface area contributed by atoms with Crippen LogP contribution in [-0.4, -0.2) is 54.3 Å². The minimum absolute atomic E-state index is 0.676. The Morgan fingerprint density at radius 1 is 1.07 bits per heavy atom. The predicted octanol–water partition coefficient (Wildman–Crippen LogP) is 4.00. The number of aromatic nitrogens is 2. The van der Waals surface area contributed by atoms with Crippen LogP contribution in [0.1, 0.15) is 5.56 Å². The molecule has 2 aromatic carbocycles. The molecule has 27 heavy (non-hydrogen) atoms. The van der Waals surface area contributed by atoms with Crippen molar-refractivity contribution < 1.29 is 4.74 Å². The fraction of sp³-hybridized carbons (Fsp3) is 0.333. The lowest BCUT2D eigenvalue weighted by molar-refractivity contribution is 0.0398. The van der Waals surface area contributed by atoms with E-state index in [9.17, 15) is 0 Å². The maximum atomic E-state index is 6.20. The molecule has 1 saturated heterocycles. The predicted molar refractivity (Wildman–Crippen MR) is 110 cm³/mol. The van der Waals surface area contributed by atoms with Crippen LogP contribution in [0.2, 0.25) is 5.02 Å². The lowest BCUT2D eigenvalue weighted by Crippen LogP contribution is -2.39. The highest BCUT2D eigenvalue weighted by molar-refractivity contribution is 6.31. The van der Waals surface area contributed by atoms with Gasteiger partial charge in [-0.15, -0.1) is 0 Å². The highest BCUT2D eigenvalue weighted by atomic mass is 35.5. The molecule has 0 radical (unpaired) electrons. The smallest absolute Gasteiger partial charge is 0.162 e. The largest absolute Gasteiger partial charge is 0.379 e. The summed E-state index contributed by atoms with van der Waals surface area (Å²) in [5.74, 6) is 1.55. The van der Waals surface area contributed by atoms with Crippen molar-refractivity contribution in [3.8, 4) is 11.4 Å². The molecule has 6 heteroatoms. The van der Waals surface area contributed by atoms with E-state index in [0.29, 0.717) is 10.8 Å². The van der Waals surface area contributed by atoms with Gasteiger partial charge in [0, 0.05) is 42.2 Å². The number of nitrogens with one attached hydrogen (secondary N) is 1. The highest BCUT2D eigenvalue weighted by Crippen LogP contribution is 2.27. The average molecular weight is 383 g/mol. The van der Waals surface area contributed by atoms with Crippen molar-refractivity contribution in [2.75, 3.05) is 44.7 Å². The van der Waals surface area contributed by atoms with Crippen molar-refractivity contribution in [2.24, 2.45) is 0 Å². The quantitative estimate of drug-likeness (QED) is 0.722. The Bertz CT molecular complexity index is 923. The minimum atomic E-state index is 0.676. The number of nitrogens with zero attached hydrogens (tertiary/aromatic N) is 3. The molecule has 2 heterocycles. The molecule has 0 saturated carbocycles. The second kappa shape index (κ2) is 8.21. The van der Waals surface area contributed by atoms with E-state index in [0.717, 1.165) is 61.7 Å². The summed E-state index contributed by atoms with van der Waals surface area (Å²) < 4.78 is 5.41. The van der Waals surface area contributed by atoms with Gasteiger partial charge in [0.05, 0.1) is 18.7 Å². The Kier molecular flexibility index (Phi) is 5.53. The van der Waals surface area contributed by atoms with Gasteiger partial charge in [0.2, 0.25) is 0 Å². The van der Waals surface area contributed by atoms with E-state index in [4.69, 9.17) is 26.3 Å². The van der Waals surface area contributed by atoms with Crippen LogP contribution >= 0.6 is 11.6 Å². The first-order valence-corrected chi connectivity index (χ1v) is 9.65. The fourth-order valence-electron chi connectivity index (χ4n) is 3.23. The summed E-state index contributed by atoms with van der Waals surface area (Å²) in [5, 5.41) is 5.16. The van der Waals surface area contributed by atoms with Crippen molar-refractivity contribution in [3.05, 3.63) is 53.1 Å². The van der Waals surface area contributed by atoms with Crippen LogP contribution in [0.3, 0.4) is 0 Å². The molecular formula is C21H23ClN4O. The second-order valence-corrected chi connectivity index (χ2v) is 7.24. The molecule has 0 bridgehead atoms. The summed E-state index contributed by atoms with van der Waals surface area (Å²) in [6, 6.07) is 14.0. The Morgan fingerprint density at radius 3 is 2.63 bits per heavy atom. The van der Waals surface area contributed by atoms with Crippen LogP contribution in [0.4, 0.5) is 5.82 Å². The van der Waals surface area contributed by atoms with Gasteiger partial charge in [-0.25, -0.2) is 9.97 Å². The number of ether oxygens (including phenoxy) is 1. The molecule has 1 aliphatic rings. The number of morpholine rings is 1. The standard InChI is InChI=1S/C21H23ClN4O/c1-15-2-4-16(5-3-15)20-24-19-14-17(22)6-7-18(19)21(25-20)23-8-9-26-10-12-27-13-11-26/h2-7,14H,8-13H2,1H3,(H,23,24,25). The van der Waals surface area contributed by atoms with Gasteiger partial charge in [-0.05, 0) is 25.1 Å². The zero-order valence-corrected chi connectivity index (χ0v) is 16.2. The van der Waals surface area contributed by atoms with Gasteiger partial charge in [0.1, 0.15) is 5.82 Å². The third-order valence-electron chi connectivity index (χ3n) is 4.79. The Labute approximate surface area is 164 Å². The van der Waals surface area contributed by atoms with E-state index in [-0.39, 0.29) is 0 Å². The average Bonchev–Trinajstić information content (AvgIpc) is 2.69. The number of hydrogen-bond donors (Lipinski definition) is 1. The molecule has 0 aliphatic carbocycles. The molecule has 5 nitrogen and oxygen atoms in total. The number of halogens is 1. The van der Waals surface area contributed by atoms with Gasteiger partial charge in [0.15, 0.2) is 5.82 Å². The Hall–Kier alpha value is -2.21. The van der Waals surface area contributed by atoms with E-state index in [1.165, 1.54) is 5.56 Å². The number of rotatable bonds is 5. The van der Waals surface area contributed by atoms with Gasteiger partial charge in [0.25, 0.3) is 0 Å². The van der Waals surface area contributed by atoms with Crippen molar-refractivity contribution in [1.82, 2.24) is 14.9 Å². The summed E-state index contributed by atoms with van der Waals surface area (Å²) >= 11 is 6.20. The van der Waals surface area contributed by atoms with Crippen LogP contribution < -0.4 is 5.32 Å². The summed E-state index contributed by atoms with van der Waals surface area (Å²) in [6.45, 7) is 7.44. The van der Waals surface area contributed by atoms with Crippen molar-refractivity contribution in [1.29, 1.82) is 0 Å². The third-order valence-corrected chi connectivity index (χ3v) is 5.03. The maximum absolute atomic E-state index is 6.20. The van der Waals surface area contributed by atoms with E-state index >= 15 is 0 Å². The molecule has 0 unspecified atom stereocenters. The fourth-order valence-corrected chi connectivity index (χ4v) is 3.39. The van der Waals surface area contributed by atoms with E-state index in [1.807, 2.05) is 18.2 Å². The topological polar surface area (TPSA) is 50.3 Å². The molecule has 140 valence electrons. The van der Waals surface area contributed by atoms with Crippen LogP contribution in [0.5, 0.6) is 0 Å². The number of aryl methyl sites for hydroxylation is 1. The van der Waals surface area contributed by atoms with Gasteiger partial charge >= 0.3 is 0 Å². The first kappa shape index (κ1) is 18.2. The first-order valence-electron chi connectivity index (χ1n) is 9.27. The summed E-state index contributed by atoms with van der Waals surface area (Å²) in [5.41, 5.74) is 3.06. The monoisotopic (exact) mass is 382 g/mol. The van der Waals surface area contributed by atoms with Crippen LogP contribution in [-0.2, 0) is 4.74 Å². The highest BCUT2D eigenvalue weighted by Gasteiger charge is 2.12. The zero-order valence-electron chi connectivity index (χ0n) is 15.4. The Balaban J connectivity index is 1.61. The first-order chi connectivity index (χ1) is 13.2. The third kappa shape index (κ3) is 4.38. The van der Waals surface area contributed by atoms with E-state index < -0.39 is 0 Å². The summed E-state index contributed by atoms with van der Waals surface area (Å²) in [4.78, 5) is 11.9. The van der Waals surface area contributed by atoms with Crippen molar-refractivity contribution in [3.63, 3.8) is 0 Å². The number of benzene rings is 2. The molecule has 1 aromatic heterocycles. The van der Waals surface area contributed by atoms with E-state index in [1.54, 1.807) is 0 Å². The Morgan fingerprint density at radius 2 is 1.85 bits per heavy atom. The SMILES string of the molecule is Cc1ccc(-c2nc(NCCN3CCOCC3)c3ccc(Cl)cc3n2)cc1. The summed E-state index contributed by atoms with van der Waals surface area (Å²) in [6.07, 6.45) is 0. The van der Waals surface area contributed by atoms with Gasteiger partial charge in [-0.2, -0.15) is 0 Å². The van der Waals surface area contributed by atoms with E-state index in [2.05, 4.69) is 41.4 Å². The maximum Gasteiger partial charge on any atom is 0.162 e. The molecule has 1 fully saturated rings. The molecule has 0 atom stereocenters. The van der Waals surface area contributed by atoms with Crippen LogP contribution in [0.25, 0.3) is 22.3 Å². The van der Waals surface area contributed by atoms with Crippen LogP contribution in [0.15, 0.2) is 42.5 Å². The lowest BCUT2D eigenvalue weighted by atomic mass is 10.1. The second-order valence-electron chi connectivity index (χ2n) is 6.80. The normalized spacial score (nSPS) is 15.2. The molecule has 3 aromatic rings. The van der Waals surface area contributed by atoms with Crippen LogP contribution in [0, 0.1) is 6.92 Å². The van der Waals surface area contributed by atoms with Gasteiger partial charge in [-0.1, -0.05) is 41.4 Å². The number of fused-ring (bicyclic) bond motifs is 1. The lowest BCUT2D eigenvalue weighted by Gasteiger charge is -2.26. The molecule has 4 rings (SSSR count). The molecule has 1 N–H and O–H groups in total. The number of hydrogen-bond acceptors (Lipinski definition) is 5. The van der Waals surface area contributed by atoms with Crippen molar-refractivity contribution >= 4 is 28.3 Å². The van der Waals surface area contributed by atoms with Crippen molar-refractivity contribution in [2.45, 2.75) is 6.92 Å². The molecule has 1 aliphatic heterocycles.